The third-order valence-electron chi connectivity index (χ3n) is 10.1. The second-order valence-corrected chi connectivity index (χ2v) is 12.9. The van der Waals surface area contributed by atoms with E-state index in [1.165, 1.54) is 83.9 Å². The minimum atomic E-state index is -0.0798. The summed E-state index contributed by atoms with van der Waals surface area (Å²) in [6.45, 7) is 18.3. The van der Waals surface area contributed by atoms with Crippen LogP contribution in [0.5, 0.6) is 0 Å². The summed E-state index contributed by atoms with van der Waals surface area (Å²) in [6, 6.07) is 31.6. The first kappa shape index (κ1) is 27.5. The quantitative estimate of drug-likeness (QED) is 0.235. The Morgan fingerprint density at radius 2 is 1.60 bits per heavy atom. The van der Waals surface area contributed by atoms with E-state index in [0.29, 0.717) is 5.92 Å². The van der Waals surface area contributed by atoms with E-state index in [-0.39, 0.29) is 5.41 Å². The molecule has 1 nitrogen and oxygen atoms in total. The number of rotatable bonds is 5. The first-order valence-electron chi connectivity index (χ1n) is 15.8. The van der Waals surface area contributed by atoms with Gasteiger partial charge >= 0.3 is 0 Å². The molecule has 7 rings (SSSR count). The van der Waals surface area contributed by atoms with Crippen molar-refractivity contribution >= 4 is 28.1 Å². The summed E-state index contributed by atoms with van der Waals surface area (Å²) < 4.78 is 0. The predicted octanol–water partition coefficient (Wildman–Crippen LogP) is 11.5. The van der Waals surface area contributed by atoms with E-state index in [0.717, 1.165) is 12.8 Å². The Morgan fingerprint density at radius 3 is 2.35 bits per heavy atom. The van der Waals surface area contributed by atoms with Crippen molar-refractivity contribution < 1.29 is 0 Å². The van der Waals surface area contributed by atoms with Gasteiger partial charge in [-0.1, -0.05) is 114 Å². The second kappa shape index (κ2) is 10.1. The van der Waals surface area contributed by atoms with Crippen LogP contribution in [0, 0.1) is 5.92 Å². The van der Waals surface area contributed by atoms with E-state index < -0.39 is 0 Å². The van der Waals surface area contributed by atoms with Crippen molar-refractivity contribution in [2.45, 2.75) is 59.8 Å². The summed E-state index contributed by atoms with van der Waals surface area (Å²) in [5.74, 6) is 0.304. The monoisotopic (exact) mass is 559 g/mol. The van der Waals surface area contributed by atoms with Crippen LogP contribution in [0.3, 0.4) is 0 Å². The van der Waals surface area contributed by atoms with Gasteiger partial charge in [-0.05, 0) is 105 Å². The van der Waals surface area contributed by atoms with Crippen molar-refractivity contribution in [1.29, 1.82) is 0 Å². The molecule has 0 radical (unpaired) electrons. The van der Waals surface area contributed by atoms with Gasteiger partial charge < -0.3 is 4.90 Å². The van der Waals surface area contributed by atoms with Crippen molar-refractivity contribution in [3.05, 3.63) is 148 Å². The number of nitrogens with zero attached hydrogens (tertiary/aromatic N) is 1. The molecular formula is C42H41N. The molecule has 214 valence electrons. The molecule has 0 fully saturated rings. The molecule has 0 saturated carbocycles. The molecule has 0 spiro atoms. The molecule has 1 atom stereocenters. The van der Waals surface area contributed by atoms with Gasteiger partial charge in [0.1, 0.15) is 0 Å². The van der Waals surface area contributed by atoms with Crippen molar-refractivity contribution in [3.63, 3.8) is 0 Å². The fourth-order valence-electron chi connectivity index (χ4n) is 7.88. The maximum absolute atomic E-state index is 4.42. The Kier molecular flexibility index (Phi) is 6.47. The first-order chi connectivity index (χ1) is 20.8. The zero-order chi connectivity index (χ0) is 30.0. The average Bonchev–Trinajstić information content (AvgIpc) is 3.26. The Balaban J connectivity index is 1.39. The lowest BCUT2D eigenvalue weighted by atomic mass is 9.77. The molecule has 1 aliphatic heterocycles. The van der Waals surface area contributed by atoms with Gasteiger partial charge in [-0.2, -0.15) is 0 Å². The van der Waals surface area contributed by atoms with E-state index in [1.54, 1.807) is 0 Å². The third-order valence-corrected chi connectivity index (χ3v) is 10.1. The molecule has 43 heavy (non-hydrogen) atoms. The molecule has 2 aliphatic carbocycles. The smallest absolute Gasteiger partial charge is 0.0536 e. The zero-order valence-electron chi connectivity index (χ0n) is 26.4. The standard InChI is InChI=1S/C42H41N/c1-8-26(3)33-21-22-37-41(32(33)9-2)35-20-19-31(25-38(35)42(37,6)7)43-28(5)40-27(4)23-30(29-15-11-10-12-16-29)24-36(40)34-17-13-14-18-39(34)43/h10-25,27H,3,8-9H2,1-2,4-7H3. The fourth-order valence-corrected chi connectivity index (χ4v) is 7.88. The van der Waals surface area contributed by atoms with Crippen LogP contribution in [0.25, 0.3) is 27.8 Å². The van der Waals surface area contributed by atoms with Gasteiger partial charge in [-0.3, -0.25) is 0 Å². The number of anilines is 2. The van der Waals surface area contributed by atoms with Gasteiger partial charge in [0.25, 0.3) is 0 Å². The second-order valence-electron chi connectivity index (χ2n) is 12.9. The number of para-hydroxylation sites is 1. The molecule has 0 aromatic heterocycles. The third kappa shape index (κ3) is 4.05. The Hall–Kier alpha value is -4.36. The van der Waals surface area contributed by atoms with Crippen LogP contribution in [-0.4, -0.2) is 0 Å². The largest absolute Gasteiger partial charge is 0.314 e. The molecule has 3 aliphatic rings. The molecule has 0 saturated heterocycles. The average molecular weight is 560 g/mol. The topological polar surface area (TPSA) is 3.24 Å². The lowest BCUT2D eigenvalue weighted by molar-refractivity contribution is 0.659. The molecule has 4 aromatic carbocycles. The lowest BCUT2D eigenvalue weighted by Crippen LogP contribution is -2.25. The molecule has 1 heterocycles. The number of benzene rings is 4. The molecule has 0 amide bonds. The van der Waals surface area contributed by atoms with Crippen LogP contribution in [0.1, 0.15) is 81.3 Å². The highest BCUT2D eigenvalue weighted by Crippen LogP contribution is 2.54. The normalized spacial score (nSPS) is 17.9. The summed E-state index contributed by atoms with van der Waals surface area (Å²) in [6.07, 6.45) is 6.81. The number of hydrogen-bond donors (Lipinski definition) is 0. The van der Waals surface area contributed by atoms with Crippen LogP contribution in [0.4, 0.5) is 11.4 Å². The van der Waals surface area contributed by atoms with E-state index in [4.69, 9.17) is 0 Å². The molecule has 0 N–H and O–H groups in total. The van der Waals surface area contributed by atoms with Gasteiger partial charge in [-0.15, -0.1) is 0 Å². The highest BCUT2D eigenvalue weighted by Gasteiger charge is 2.39. The van der Waals surface area contributed by atoms with Crippen LogP contribution in [0.2, 0.25) is 0 Å². The summed E-state index contributed by atoms with van der Waals surface area (Å²) in [7, 11) is 0. The molecular weight excluding hydrogens is 518 g/mol. The van der Waals surface area contributed by atoms with Crippen LogP contribution in [-0.2, 0) is 11.8 Å². The summed E-state index contributed by atoms with van der Waals surface area (Å²) in [4.78, 5) is 2.50. The van der Waals surface area contributed by atoms with Gasteiger partial charge in [0, 0.05) is 28.3 Å². The Labute approximate surface area is 257 Å². The predicted molar refractivity (Wildman–Crippen MR) is 186 cm³/mol. The van der Waals surface area contributed by atoms with Crippen molar-refractivity contribution in [3.8, 4) is 11.1 Å². The zero-order valence-corrected chi connectivity index (χ0v) is 26.4. The lowest BCUT2D eigenvalue weighted by Gasteiger charge is -2.39. The molecule has 1 unspecified atom stereocenters. The maximum atomic E-state index is 4.42. The van der Waals surface area contributed by atoms with E-state index >= 15 is 0 Å². The van der Waals surface area contributed by atoms with Crippen molar-refractivity contribution in [2.24, 2.45) is 5.92 Å². The van der Waals surface area contributed by atoms with Crippen LogP contribution >= 0.6 is 0 Å². The van der Waals surface area contributed by atoms with E-state index in [2.05, 4.69) is 150 Å². The maximum Gasteiger partial charge on any atom is 0.0536 e. The van der Waals surface area contributed by atoms with E-state index in [9.17, 15) is 0 Å². The minimum absolute atomic E-state index is 0.0798. The number of allylic oxidation sites excluding steroid dienone is 7. The van der Waals surface area contributed by atoms with Gasteiger partial charge in [0.15, 0.2) is 0 Å². The van der Waals surface area contributed by atoms with Gasteiger partial charge in [0.05, 0.1) is 5.69 Å². The van der Waals surface area contributed by atoms with Crippen LogP contribution in [0.15, 0.2) is 115 Å². The van der Waals surface area contributed by atoms with Gasteiger partial charge in [-0.25, -0.2) is 0 Å². The van der Waals surface area contributed by atoms with Crippen molar-refractivity contribution in [1.82, 2.24) is 0 Å². The molecule has 0 bridgehead atoms. The Bertz CT molecular complexity index is 1890. The highest BCUT2D eigenvalue weighted by atomic mass is 15.2. The fraction of sp³-hybridized carbons (Fsp3) is 0.238. The first-order valence-corrected chi connectivity index (χ1v) is 15.8. The Morgan fingerprint density at radius 1 is 0.860 bits per heavy atom. The summed E-state index contributed by atoms with van der Waals surface area (Å²) in [5.41, 5.74) is 20.0. The minimum Gasteiger partial charge on any atom is -0.314 e. The molecule has 1 heteroatoms. The number of fused-ring (bicyclic) bond motifs is 6. The summed E-state index contributed by atoms with van der Waals surface area (Å²) in [5, 5.41) is 0. The van der Waals surface area contributed by atoms with Crippen molar-refractivity contribution in [2.75, 3.05) is 4.90 Å². The highest BCUT2D eigenvalue weighted by molar-refractivity contribution is 6.01. The molecule has 4 aromatic rings. The SMILES string of the molecule is C=C(CC)c1ccc2c(c1CC)-c1ccc(N3C(C)=C4C(=CC(c5ccccc5)=CC4C)c4ccccc43)cc1C2(C)C. The van der Waals surface area contributed by atoms with Gasteiger partial charge in [0.2, 0.25) is 0 Å². The summed E-state index contributed by atoms with van der Waals surface area (Å²) >= 11 is 0. The number of hydrogen-bond acceptors (Lipinski definition) is 1. The van der Waals surface area contributed by atoms with E-state index in [1.807, 2.05) is 0 Å². The van der Waals surface area contributed by atoms with Crippen LogP contribution < -0.4 is 4.90 Å².